The highest BCUT2D eigenvalue weighted by atomic mass is 19.1. The number of carbonyl (C=O) groups is 1. The lowest BCUT2D eigenvalue weighted by Crippen LogP contribution is -2.35. The van der Waals surface area contributed by atoms with Crippen LogP contribution in [0.25, 0.3) is 11.1 Å². The summed E-state index contributed by atoms with van der Waals surface area (Å²) >= 11 is 0. The molecule has 0 spiro atoms. The van der Waals surface area contributed by atoms with Crippen molar-refractivity contribution >= 4 is 6.29 Å². The van der Waals surface area contributed by atoms with Gasteiger partial charge in [0.15, 0.2) is 0 Å². The Bertz CT molecular complexity index is 866. The van der Waals surface area contributed by atoms with Crippen molar-refractivity contribution in [1.29, 1.82) is 0 Å². The van der Waals surface area contributed by atoms with Crippen LogP contribution in [0.2, 0.25) is 0 Å². The van der Waals surface area contributed by atoms with E-state index in [1.165, 1.54) is 17.7 Å². The van der Waals surface area contributed by atoms with E-state index in [1.54, 1.807) is 0 Å². The maximum atomic E-state index is 13.1. The van der Waals surface area contributed by atoms with Gasteiger partial charge in [0, 0.05) is 17.6 Å². The fourth-order valence-corrected chi connectivity index (χ4v) is 2.86. The van der Waals surface area contributed by atoms with Crippen molar-refractivity contribution in [3.8, 4) is 11.1 Å². The van der Waals surface area contributed by atoms with Crippen LogP contribution >= 0.6 is 0 Å². The molecule has 3 rings (SSSR count). The fraction of sp³-hybridized carbons (Fsp3) is 0.174. The average molecular weight is 347 g/mol. The van der Waals surface area contributed by atoms with Crippen molar-refractivity contribution in [2.45, 2.75) is 25.9 Å². The monoisotopic (exact) mass is 347 g/mol. The van der Waals surface area contributed by atoms with E-state index in [9.17, 15) is 9.18 Å². The average Bonchev–Trinajstić information content (AvgIpc) is 2.67. The Balaban J connectivity index is 1.67. The van der Waals surface area contributed by atoms with Crippen molar-refractivity contribution in [1.82, 2.24) is 5.32 Å². The summed E-state index contributed by atoms with van der Waals surface area (Å²) < 4.78 is 13.1. The summed E-state index contributed by atoms with van der Waals surface area (Å²) in [6.07, 6.45) is 0.849. The van der Waals surface area contributed by atoms with Crippen LogP contribution < -0.4 is 5.32 Å². The Morgan fingerprint density at radius 1 is 0.846 bits per heavy atom. The molecular weight excluding hydrogens is 325 g/mol. The maximum absolute atomic E-state index is 13.1. The Labute approximate surface area is 153 Å². The van der Waals surface area contributed by atoms with Gasteiger partial charge in [-0.3, -0.25) is 4.79 Å². The van der Waals surface area contributed by atoms with Crippen LogP contribution in [0.1, 0.15) is 35.3 Å². The normalized spacial score (nSPS) is 11.3. The van der Waals surface area contributed by atoms with E-state index in [2.05, 4.69) is 43.4 Å². The number of rotatable bonds is 6. The highest BCUT2D eigenvalue weighted by Crippen LogP contribution is 2.23. The summed E-state index contributed by atoms with van der Waals surface area (Å²) in [5, 5.41) is 3.52. The first-order valence-electron chi connectivity index (χ1n) is 8.63. The van der Waals surface area contributed by atoms with Crippen LogP contribution in [-0.4, -0.2) is 6.29 Å². The molecule has 0 bridgehead atoms. The second-order valence-electron chi connectivity index (χ2n) is 6.92. The third kappa shape index (κ3) is 4.24. The van der Waals surface area contributed by atoms with Crippen molar-refractivity contribution < 1.29 is 9.18 Å². The number of hydrogen-bond donors (Lipinski definition) is 1. The molecule has 3 aromatic rings. The molecule has 26 heavy (non-hydrogen) atoms. The molecule has 132 valence electrons. The lowest BCUT2D eigenvalue weighted by molar-refractivity contribution is 0.112. The Hall–Kier alpha value is -2.78. The first kappa shape index (κ1) is 18.0. The Morgan fingerprint density at radius 3 is 1.92 bits per heavy atom. The summed E-state index contributed by atoms with van der Waals surface area (Å²) in [7, 11) is 0. The molecule has 3 aromatic carbocycles. The minimum atomic E-state index is -0.253. The number of aldehydes is 1. The van der Waals surface area contributed by atoms with E-state index >= 15 is 0 Å². The first-order valence-corrected chi connectivity index (χ1v) is 8.63. The topological polar surface area (TPSA) is 29.1 Å². The summed E-state index contributed by atoms with van der Waals surface area (Å²) in [6.45, 7) is 4.89. The molecule has 0 saturated carbocycles. The van der Waals surface area contributed by atoms with Crippen LogP contribution in [0.5, 0.6) is 0 Å². The predicted octanol–water partition coefficient (Wildman–Crippen LogP) is 5.33. The maximum Gasteiger partial charge on any atom is 0.150 e. The fourth-order valence-electron chi connectivity index (χ4n) is 2.86. The third-order valence-corrected chi connectivity index (χ3v) is 4.63. The number of nitrogens with one attached hydrogen (secondary N) is 1. The van der Waals surface area contributed by atoms with E-state index in [-0.39, 0.29) is 11.4 Å². The van der Waals surface area contributed by atoms with E-state index in [4.69, 9.17) is 0 Å². The number of benzene rings is 3. The van der Waals surface area contributed by atoms with E-state index in [0.717, 1.165) is 29.5 Å². The van der Waals surface area contributed by atoms with Crippen LogP contribution in [0.3, 0.4) is 0 Å². The van der Waals surface area contributed by atoms with Gasteiger partial charge in [-0.25, -0.2) is 4.39 Å². The lowest BCUT2D eigenvalue weighted by Gasteiger charge is -2.27. The molecule has 1 N–H and O–H groups in total. The molecule has 0 aromatic heterocycles. The third-order valence-electron chi connectivity index (χ3n) is 4.63. The molecule has 0 atom stereocenters. The quantitative estimate of drug-likeness (QED) is 0.611. The molecular formula is C23H22FNO. The summed E-state index contributed by atoms with van der Waals surface area (Å²) in [5.74, 6) is -0.221. The smallest absolute Gasteiger partial charge is 0.150 e. The molecule has 0 radical (unpaired) electrons. The predicted molar refractivity (Wildman–Crippen MR) is 104 cm³/mol. The van der Waals surface area contributed by atoms with Gasteiger partial charge in [0.1, 0.15) is 12.1 Å². The zero-order chi connectivity index (χ0) is 18.6. The number of halogens is 1. The van der Waals surface area contributed by atoms with Gasteiger partial charge in [0.2, 0.25) is 0 Å². The van der Waals surface area contributed by atoms with Crippen LogP contribution in [0.15, 0.2) is 72.8 Å². The molecule has 0 aliphatic rings. The lowest BCUT2D eigenvalue weighted by atomic mass is 9.94. The van der Waals surface area contributed by atoms with Crippen LogP contribution in [0.4, 0.5) is 4.39 Å². The molecule has 0 amide bonds. The highest BCUT2D eigenvalue weighted by Gasteiger charge is 2.19. The van der Waals surface area contributed by atoms with Gasteiger partial charge >= 0.3 is 0 Å². The van der Waals surface area contributed by atoms with Gasteiger partial charge in [-0.15, -0.1) is 0 Å². The van der Waals surface area contributed by atoms with E-state index in [0.29, 0.717) is 5.56 Å². The largest absolute Gasteiger partial charge is 0.304 e. The van der Waals surface area contributed by atoms with Gasteiger partial charge in [-0.1, -0.05) is 60.7 Å². The molecule has 0 saturated heterocycles. The number of carbonyl (C=O) groups excluding carboxylic acids is 1. The minimum absolute atomic E-state index is 0.221. The first-order chi connectivity index (χ1) is 12.5. The summed E-state index contributed by atoms with van der Waals surface area (Å²) in [4.78, 5) is 10.7. The second kappa shape index (κ2) is 7.63. The SMILES string of the molecule is CC(C)(NCc1ccc(-c2ccc(C=O)cc2)cc1)c1ccc(F)cc1. The van der Waals surface area contributed by atoms with Crippen LogP contribution in [0, 0.1) is 5.82 Å². The zero-order valence-electron chi connectivity index (χ0n) is 15.0. The summed E-state index contributed by atoms with van der Waals surface area (Å²) in [6, 6.07) is 22.5. The molecule has 0 aliphatic heterocycles. The molecule has 3 heteroatoms. The zero-order valence-corrected chi connectivity index (χ0v) is 15.0. The standard InChI is InChI=1S/C23H22FNO/c1-23(2,21-11-13-22(24)14-12-21)25-15-17-3-7-19(8-4-17)20-9-5-18(16-26)6-10-20/h3-14,16,25H,15H2,1-2H3. The van der Waals surface area contributed by atoms with Crippen molar-refractivity contribution in [2.75, 3.05) is 0 Å². The van der Waals surface area contributed by atoms with Gasteiger partial charge < -0.3 is 5.32 Å². The molecule has 0 unspecified atom stereocenters. The van der Waals surface area contributed by atoms with Crippen LogP contribution in [-0.2, 0) is 12.1 Å². The van der Waals surface area contributed by atoms with Gasteiger partial charge in [-0.2, -0.15) is 0 Å². The van der Waals surface area contributed by atoms with Crippen molar-refractivity contribution in [2.24, 2.45) is 0 Å². The second-order valence-corrected chi connectivity index (χ2v) is 6.92. The molecule has 0 fully saturated rings. The molecule has 0 aliphatic carbocycles. The molecule has 0 heterocycles. The van der Waals surface area contributed by atoms with Gasteiger partial charge in [0.05, 0.1) is 0 Å². The van der Waals surface area contributed by atoms with E-state index in [1.807, 2.05) is 36.4 Å². The van der Waals surface area contributed by atoms with E-state index < -0.39 is 0 Å². The van der Waals surface area contributed by atoms with Crippen molar-refractivity contribution in [3.05, 3.63) is 95.3 Å². The Morgan fingerprint density at radius 2 is 1.38 bits per heavy atom. The van der Waals surface area contributed by atoms with Gasteiger partial charge in [-0.05, 0) is 48.2 Å². The minimum Gasteiger partial charge on any atom is -0.304 e. The molecule has 2 nitrogen and oxygen atoms in total. The Kier molecular flexibility index (Phi) is 5.29. The van der Waals surface area contributed by atoms with Crippen molar-refractivity contribution in [3.63, 3.8) is 0 Å². The number of hydrogen-bond acceptors (Lipinski definition) is 2. The van der Waals surface area contributed by atoms with Gasteiger partial charge in [0.25, 0.3) is 0 Å². The summed E-state index contributed by atoms with van der Waals surface area (Å²) in [5.41, 5.74) is 4.85. The highest BCUT2D eigenvalue weighted by molar-refractivity contribution is 5.76.